The summed E-state index contributed by atoms with van der Waals surface area (Å²) in [6, 6.07) is 0. The second kappa shape index (κ2) is 3.02. The van der Waals surface area contributed by atoms with Gasteiger partial charge in [0.05, 0.1) is 0 Å². The molecule has 0 aliphatic heterocycles. The van der Waals surface area contributed by atoms with E-state index in [4.69, 9.17) is 0 Å². The Morgan fingerprint density at radius 3 is 1.50 bits per heavy atom. The average molecular weight is 234 g/mol. The number of alkyl halides is 2. The zero-order valence-electron chi connectivity index (χ0n) is 7.90. The van der Waals surface area contributed by atoms with E-state index in [9.17, 15) is 27.2 Å². The Kier molecular flexibility index (Phi) is 2.09. The Labute approximate surface area is 87.6 Å². The summed E-state index contributed by atoms with van der Waals surface area (Å²) in [5.41, 5.74) is -6.64. The Morgan fingerprint density at radius 2 is 1.19 bits per heavy atom. The van der Waals surface area contributed by atoms with Crippen molar-refractivity contribution >= 4 is 11.6 Å². The van der Waals surface area contributed by atoms with E-state index in [1.165, 1.54) is 0 Å². The lowest BCUT2D eigenvalue weighted by atomic mass is 9.69. The Morgan fingerprint density at radius 1 is 0.875 bits per heavy atom. The highest BCUT2D eigenvalue weighted by atomic mass is 19.2. The molecule has 0 bridgehead atoms. The van der Waals surface area contributed by atoms with E-state index in [2.05, 4.69) is 0 Å². The maximum absolute atomic E-state index is 14.0. The summed E-state index contributed by atoms with van der Waals surface area (Å²) < 4.78 is 53.9. The van der Waals surface area contributed by atoms with Crippen LogP contribution in [0.4, 0.5) is 17.6 Å². The lowest BCUT2D eigenvalue weighted by molar-refractivity contribution is -0.156. The first kappa shape index (κ1) is 11.0. The first-order chi connectivity index (χ1) is 7.34. The summed E-state index contributed by atoms with van der Waals surface area (Å²) in [4.78, 5) is 22.3. The van der Waals surface area contributed by atoms with Crippen molar-refractivity contribution in [1.82, 2.24) is 0 Å². The molecule has 16 heavy (non-hydrogen) atoms. The minimum absolute atomic E-state index is 0.769. The molecule has 0 saturated heterocycles. The van der Waals surface area contributed by atoms with Crippen LogP contribution >= 0.6 is 0 Å². The summed E-state index contributed by atoms with van der Waals surface area (Å²) in [6.07, 6.45) is 0.711. The molecule has 2 unspecified atom stereocenters. The maximum Gasteiger partial charge on any atom is 0.235 e. The second-order valence-corrected chi connectivity index (χ2v) is 3.77. The number of hydrogen-bond donors (Lipinski definition) is 0. The van der Waals surface area contributed by atoms with E-state index < -0.39 is 47.4 Å². The lowest BCUT2D eigenvalue weighted by Crippen LogP contribution is -2.61. The van der Waals surface area contributed by atoms with Gasteiger partial charge >= 0.3 is 0 Å². The molecule has 2 aliphatic carbocycles. The number of allylic oxidation sites excluding steroid dienone is 4. The smallest absolute Gasteiger partial charge is 0.235 e. The zero-order valence-corrected chi connectivity index (χ0v) is 7.90. The molecule has 0 aromatic heterocycles. The molecule has 2 nitrogen and oxygen atoms in total. The molecule has 0 N–H and O–H groups in total. The summed E-state index contributed by atoms with van der Waals surface area (Å²) >= 11 is 0. The average Bonchev–Trinajstić information content (AvgIpc) is 2.27. The van der Waals surface area contributed by atoms with Gasteiger partial charge < -0.3 is 0 Å². The van der Waals surface area contributed by atoms with Crippen LogP contribution in [0.2, 0.25) is 0 Å². The highest BCUT2D eigenvalue weighted by Gasteiger charge is 2.68. The molecule has 6 heteroatoms. The van der Waals surface area contributed by atoms with Gasteiger partial charge in [-0.05, 0) is 0 Å². The van der Waals surface area contributed by atoms with Crippen molar-refractivity contribution in [3.63, 3.8) is 0 Å². The van der Waals surface area contributed by atoms with Gasteiger partial charge in [-0.2, -0.15) is 8.78 Å². The molecule has 2 rings (SSSR count). The van der Waals surface area contributed by atoms with Crippen LogP contribution in [-0.2, 0) is 9.59 Å². The molecule has 0 fully saturated rings. The predicted octanol–water partition coefficient (Wildman–Crippen LogP) is 2.06. The van der Waals surface area contributed by atoms with E-state index >= 15 is 0 Å². The summed E-state index contributed by atoms with van der Waals surface area (Å²) in [5, 5.41) is 0. The van der Waals surface area contributed by atoms with Crippen LogP contribution in [0.3, 0.4) is 0 Å². The number of ketones is 2. The highest BCUT2D eigenvalue weighted by Crippen LogP contribution is 2.48. The summed E-state index contributed by atoms with van der Waals surface area (Å²) in [5.74, 6) is -8.12. The van der Waals surface area contributed by atoms with Gasteiger partial charge in [0.1, 0.15) is 0 Å². The SMILES string of the molecule is O=C1C(F)=C(F)C(=O)C2(F)CC=CCC12F. The third kappa shape index (κ3) is 1.02. The van der Waals surface area contributed by atoms with Crippen molar-refractivity contribution in [3.05, 3.63) is 23.8 Å². The summed E-state index contributed by atoms with van der Waals surface area (Å²) in [7, 11) is 0. The third-order valence-electron chi connectivity index (χ3n) is 2.90. The number of hydrogen-bond acceptors (Lipinski definition) is 2. The second-order valence-electron chi connectivity index (χ2n) is 3.77. The molecule has 0 heterocycles. The molecule has 86 valence electrons. The maximum atomic E-state index is 14.0. The number of carbonyl (C=O) groups excluding carboxylic acids is 2. The minimum Gasteiger partial charge on any atom is -0.288 e. The van der Waals surface area contributed by atoms with Crippen molar-refractivity contribution < 1.29 is 27.2 Å². The number of Topliss-reactive ketones (excluding diaryl/α,β-unsaturated/α-hetero) is 2. The van der Waals surface area contributed by atoms with E-state index in [0.717, 1.165) is 12.2 Å². The van der Waals surface area contributed by atoms with Gasteiger partial charge in [0.2, 0.25) is 34.6 Å². The Hall–Kier alpha value is -1.46. The lowest BCUT2D eigenvalue weighted by Gasteiger charge is -2.39. The molecule has 2 atom stereocenters. The number of rotatable bonds is 0. The molecule has 0 radical (unpaired) electrons. The van der Waals surface area contributed by atoms with Crippen LogP contribution in [0.25, 0.3) is 0 Å². The van der Waals surface area contributed by atoms with Gasteiger partial charge in [0.25, 0.3) is 0 Å². The van der Waals surface area contributed by atoms with Crippen LogP contribution in [0.1, 0.15) is 12.8 Å². The van der Waals surface area contributed by atoms with Crippen molar-refractivity contribution in [2.75, 3.05) is 0 Å². The molecule has 0 aromatic rings. The molecular formula is C10H6F4O2. The van der Waals surface area contributed by atoms with E-state index in [0.29, 0.717) is 0 Å². The highest BCUT2D eigenvalue weighted by molar-refractivity contribution is 6.18. The van der Waals surface area contributed by atoms with Crippen LogP contribution < -0.4 is 0 Å². The number of halogens is 4. The largest absolute Gasteiger partial charge is 0.288 e. The number of carbonyl (C=O) groups is 2. The molecule has 0 spiro atoms. The minimum atomic E-state index is -3.32. The molecule has 2 aliphatic rings. The monoisotopic (exact) mass is 234 g/mol. The fourth-order valence-electron chi connectivity index (χ4n) is 1.91. The Bertz CT molecular complexity index is 414. The normalized spacial score (nSPS) is 39.0. The topological polar surface area (TPSA) is 34.1 Å². The summed E-state index contributed by atoms with van der Waals surface area (Å²) in [6.45, 7) is 0. The predicted molar refractivity (Wildman–Crippen MR) is 45.3 cm³/mol. The van der Waals surface area contributed by atoms with E-state index in [-0.39, 0.29) is 0 Å². The quantitative estimate of drug-likeness (QED) is 0.475. The van der Waals surface area contributed by atoms with E-state index in [1.807, 2.05) is 0 Å². The van der Waals surface area contributed by atoms with Gasteiger partial charge in [-0.25, -0.2) is 8.78 Å². The van der Waals surface area contributed by atoms with Crippen molar-refractivity contribution in [3.8, 4) is 0 Å². The Balaban J connectivity index is 2.68. The van der Waals surface area contributed by atoms with Crippen molar-refractivity contribution in [1.29, 1.82) is 0 Å². The first-order valence-corrected chi connectivity index (χ1v) is 4.52. The van der Waals surface area contributed by atoms with Crippen LogP contribution in [0, 0.1) is 0 Å². The van der Waals surface area contributed by atoms with Crippen LogP contribution in [0.5, 0.6) is 0 Å². The molecule has 0 saturated carbocycles. The number of fused-ring (bicyclic) bond motifs is 1. The first-order valence-electron chi connectivity index (χ1n) is 4.52. The van der Waals surface area contributed by atoms with Gasteiger partial charge in [0, 0.05) is 12.8 Å². The van der Waals surface area contributed by atoms with Crippen LogP contribution in [0.15, 0.2) is 23.8 Å². The van der Waals surface area contributed by atoms with Crippen LogP contribution in [-0.4, -0.2) is 22.9 Å². The third-order valence-corrected chi connectivity index (χ3v) is 2.90. The molecule has 0 aromatic carbocycles. The molecular weight excluding hydrogens is 228 g/mol. The van der Waals surface area contributed by atoms with Gasteiger partial charge in [-0.15, -0.1) is 0 Å². The van der Waals surface area contributed by atoms with Crippen molar-refractivity contribution in [2.45, 2.75) is 24.2 Å². The zero-order chi connectivity index (χ0) is 12.1. The fourth-order valence-corrected chi connectivity index (χ4v) is 1.91. The fraction of sp³-hybridized carbons (Fsp3) is 0.400. The van der Waals surface area contributed by atoms with Gasteiger partial charge in [-0.1, -0.05) is 12.2 Å². The van der Waals surface area contributed by atoms with Gasteiger partial charge in [0.15, 0.2) is 0 Å². The van der Waals surface area contributed by atoms with E-state index in [1.54, 1.807) is 0 Å². The molecule has 0 amide bonds. The van der Waals surface area contributed by atoms with Crippen molar-refractivity contribution in [2.24, 2.45) is 0 Å². The van der Waals surface area contributed by atoms with Gasteiger partial charge in [-0.3, -0.25) is 9.59 Å². The standard InChI is InChI=1S/C10H6F4O2/c11-5-6(12)8(16)10(14)4-2-1-3-9(10,13)7(5)15/h1-2H,3-4H2.